The van der Waals surface area contributed by atoms with Crippen LogP contribution in [-0.4, -0.2) is 35.1 Å². The molecule has 0 unspecified atom stereocenters. The maximum atomic E-state index is 11.1. The highest BCUT2D eigenvalue weighted by Gasteiger charge is 2.39. The summed E-state index contributed by atoms with van der Waals surface area (Å²) in [6.07, 6.45) is 2.46. The predicted octanol–water partition coefficient (Wildman–Crippen LogP) is 5.77. The lowest BCUT2D eigenvalue weighted by Gasteiger charge is -2.40. The van der Waals surface area contributed by atoms with Gasteiger partial charge in [0, 0.05) is 12.5 Å². The zero-order valence-electron chi connectivity index (χ0n) is 17.0. The van der Waals surface area contributed by atoms with E-state index in [1.165, 1.54) is 0 Å². The van der Waals surface area contributed by atoms with Gasteiger partial charge in [-0.1, -0.05) is 41.5 Å². The Kier molecular flexibility index (Phi) is 9.50. The molecule has 0 bridgehead atoms. The summed E-state index contributed by atoms with van der Waals surface area (Å²) in [5.41, 5.74) is 0. The fraction of sp³-hybridized carbons (Fsp3) is 0.944. The zero-order valence-corrected chi connectivity index (χ0v) is 19.0. The first-order chi connectivity index (χ1) is 10.5. The van der Waals surface area contributed by atoms with Gasteiger partial charge in [-0.25, -0.2) is 0 Å². The summed E-state index contributed by atoms with van der Waals surface area (Å²) in [6.45, 7) is 20.2. The molecule has 0 amide bonds. The lowest BCUT2D eigenvalue weighted by Crippen LogP contribution is -2.45. The van der Waals surface area contributed by atoms with Crippen molar-refractivity contribution in [3.05, 3.63) is 0 Å². The van der Waals surface area contributed by atoms with Crippen LogP contribution in [0.4, 0.5) is 0 Å². The maximum absolute atomic E-state index is 11.1. The molecule has 2 atom stereocenters. The van der Waals surface area contributed by atoms with E-state index in [0.717, 1.165) is 30.8 Å². The highest BCUT2D eigenvalue weighted by molar-refractivity contribution is 6.74. The second kappa shape index (κ2) is 9.49. The van der Waals surface area contributed by atoms with Crippen LogP contribution in [0.25, 0.3) is 0 Å². The van der Waals surface area contributed by atoms with E-state index in [1.54, 1.807) is 0 Å². The molecule has 0 saturated carbocycles. The van der Waals surface area contributed by atoms with Crippen molar-refractivity contribution in [2.75, 3.05) is 0 Å². The standard InChI is InChI=1S/C18H40O3Si2/c1-10-23(11-2,12-3)21-17(13-14-19)15-16(4)20-22(8,9)18(5,6)7/h14,16-17H,10-13,15H2,1-9H3/t16-,17-/m1/s1. The molecule has 0 aliphatic heterocycles. The van der Waals surface area contributed by atoms with Crippen LogP contribution in [-0.2, 0) is 13.6 Å². The summed E-state index contributed by atoms with van der Waals surface area (Å²) in [5, 5.41) is 0.205. The highest BCUT2D eigenvalue weighted by atomic mass is 28.4. The monoisotopic (exact) mass is 360 g/mol. The normalized spacial score (nSPS) is 16.2. The van der Waals surface area contributed by atoms with Gasteiger partial charge in [-0.2, -0.15) is 0 Å². The fourth-order valence-corrected chi connectivity index (χ4v) is 7.11. The molecule has 0 aliphatic rings. The molecule has 3 nitrogen and oxygen atoms in total. The van der Waals surface area contributed by atoms with Crippen LogP contribution in [0.5, 0.6) is 0 Å². The second-order valence-electron chi connectivity index (χ2n) is 8.31. The number of rotatable bonds is 11. The molecule has 0 radical (unpaired) electrons. The number of hydrogen-bond acceptors (Lipinski definition) is 3. The third kappa shape index (κ3) is 7.20. The third-order valence-electron chi connectivity index (χ3n) is 5.61. The first kappa shape index (κ1) is 23.0. The minimum Gasteiger partial charge on any atom is -0.414 e. The third-order valence-corrected chi connectivity index (χ3v) is 14.9. The van der Waals surface area contributed by atoms with Crippen LogP contribution in [0, 0.1) is 0 Å². The number of carbonyl (C=O) groups is 1. The zero-order chi connectivity index (χ0) is 18.3. The number of hydrogen-bond donors (Lipinski definition) is 0. The maximum Gasteiger partial charge on any atom is 0.192 e. The molecule has 138 valence electrons. The van der Waals surface area contributed by atoms with Crippen LogP contribution in [0.3, 0.4) is 0 Å². The lowest BCUT2D eigenvalue weighted by atomic mass is 10.1. The average molecular weight is 361 g/mol. The van der Waals surface area contributed by atoms with Crippen molar-refractivity contribution in [1.29, 1.82) is 0 Å². The Bertz CT molecular complexity index is 338. The molecule has 0 spiro atoms. The molecule has 0 aliphatic carbocycles. The van der Waals surface area contributed by atoms with Gasteiger partial charge in [-0.05, 0) is 49.6 Å². The largest absolute Gasteiger partial charge is 0.414 e. The van der Waals surface area contributed by atoms with Crippen LogP contribution < -0.4 is 0 Å². The summed E-state index contributed by atoms with van der Waals surface area (Å²) < 4.78 is 13.0. The summed E-state index contributed by atoms with van der Waals surface area (Å²) >= 11 is 0. The molecular weight excluding hydrogens is 320 g/mol. The van der Waals surface area contributed by atoms with Crippen molar-refractivity contribution in [1.82, 2.24) is 0 Å². The number of aldehydes is 1. The van der Waals surface area contributed by atoms with Gasteiger partial charge in [0.05, 0.1) is 6.10 Å². The summed E-state index contributed by atoms with van der Waals surface area (Å²) in [6, 6.07) is 3.35. The van der Waals surface area contributed by atoms with Crippen LogP contribution in [0.1, 0.15) is 61.3 Å². The van der Waals surface area contributed by atoms with Gasteiger partial charge >= 0.3 is 0 Å². The highest BCUT2D eigenvalue weighted by Crippen LogP contribution is 2.38. The first-order valence-electron chi connectivity index (χ1n) is 9.26. The van der Waals surface area contributed by atoms with Crippen LogP contribution >= 0.6 is 0 Å². The molecule has 0 N–H and O–H groups in total. The van der Waals surface area contributed by atoms with Gasteiger partial charge in [0.1, 0.15) is 6.29 Å². The average Bonchev–Trinajstić information content (AvgIpc) is 2.43. The van der Waals surface area contributed by atoms with Crippen molar-refractivity contribution in [2.24, 2.45) is 0 Å². The Balaban J connectivity index is 4.91. The molecule has 0 aromatic carbocycles. The van der Waals surface area contributed by atoms with E-state index >= 15 is 0 Å². The molecule has 0 heterocycles. The molecule has 0 aromatic heterocycles. The first-order valence-corrected chi connectivity index (χ1v) is 14.7. The topological polar surface area (TPSA) is 35.5 Å². The van der Waals surface area contributed by atoms with Gasteiger partial charge in [-0.3, -0.25) is 0 Å². The fourth-order valence-electron chi connectivity index (χ4n) is 2.75. The molecule has 5 heteroatoms. The SMILES string of the molecule is CC[Si](CC)(CC)O[C@H](CC=O)C[C@@H](C)O[Si](C)(C)C(C)(C)C. The van der Waals surface area contributed by atoms with Crippen LogP contribution in [0.15, 0.2) is 0 Å². The quantitative estimate of drug-likeness (QED) is 0.347. The summed E-state index contributed by atoms with van der Waals surface area (Å²) in [4.78, 5) is 11.1. The minimum atomic E-state index is -1.77. The number of carbonyl (C=O) groups excluding carboxylic acids is 1. The molecular formula is C18H40O3Si2. The second-order valence-corrected chi connectivity index (χ2v) is 17.8. The molecule has 0 fully saturated rings. The van der Waals surface area contributed by atoms with E-state index in [1.807, 2.05) is 0 Å². The summed E-state index contributed by atoms with van der Waals surface area (Å²) in [7, 11) is -3.46. The van der Waals surface area contributed by atoms with E-state index in [4.69, 9.17) is 8.85 Å². The predicted molar refractivity (Wildman–Crippen MR) is 105 cm³/mol. The van der Waals surface area contributed by atoms with Crippen molar-refractivity contribution in [3.8, 4) is 0 Å². The Morgan fingerprint density at radius 1 is 1.00 bits per heavy atom. The Morgan fingerprint density at radius 3 is 1.83 bits per heavy atom. The lowest BCUT2D eigenvalue weighted by molar-refractivity contribution is -0.109. The van der Waals surface area contributed by atoms with Gasteiger partial charge in [-0.15, -0.1) is 0 Å². The Hall–Kier alpha value is 0.0238. The van der Waals surface area contributed by atoms with Crippen molar-refractivity contribution >= 4 is 22.9 Å². The summed E-state index contributed by atoms with van der Waals surface area (Å²) in [5.74, 6) is 0. The van der Waals surface area contributed by atoms with E-state index in [0.29, 0.717) is 6.42 Å². The van der Waals surface area contributed by atoms with Crippen molar-refractivity contribution < 1.29 is 13.6 Å². The molecule has 0 rings (SSSR count). The Labute approximate surface area is 146 Å². The molecule has 0 aromatic rings. The van der Waals surface area contributed by atoms with E-state index in [9.17, 15) is 4.79 Å². The van der Waals surface area contributed by atoms with Gasteiger partial charge in [0.2, 0.25) is 0 Å². The smallest absolute Gasteiger partial charge is 0.192 e. The molecule has 0 saturated heterocycles. The minimum absolute atomic E-state index is 0.0128. The van der Waals surface area contributed by atoms with Crippen molar-refractivity contribution in [2.45, 2.75) is 110 Å². The van der Waals surface area contributed by atoms with Crippen molar-refractivity contribution in [3.63, 3.8) is 0 Å². The van der Waals surface area contributed by atoms with E-state index < -0.39 is 16.6 Å². The van der Waals surface area contributed by atoms with Gasteiger partial charge in [0.25, 0.3) is 0 Å². The van der Waals surface area contributed by atoms with Gasteiger partial charge < -0.3 is 13.6 Å². The van der Waals surface area contributed by atoms with Crippen LogP contribution in [0.2, 0.25) is 36.3 Å². The Morgan fingerprint density at radius 2 is 1.48 bits per heavy atom. The molecule has 23 heavy (non-hydrogen) atoms. The van der Waals surface area contributed by atoms with E-state index in [2.05, 4.69) is 61.6 Å². The van der Waals surface area contributed by atoms with Gasteiger partial charge in [0.15, 0.2) is 16.6 Å². The van der Waals surface area contributed by atoms with E-state index in [-0.39, 0.29) is 17.2 Å².